The summed E-state index contributed by atoms with van der Waals surface area (Å²) in [4.78, 5) is 27.2. The van der Waals surface area contributed by atoms with Crippen LogP contribution in [0.5, 0.6) is 0 Å². The van der Waals surface area contributed by atoms with Gasteiger partial charge in [0.2, 0.25) is 0 Å². The van der Waals surface area contributed by atoms with E-state index in [0.29, 0.717) is 24.0 Å². The van der Waals surface area contributed by atoms with Crippen LogP contribution in [0.15, 0.2) is 79.4 Å². The summed E-state index contributed by atoms with van der Waals surface area (Å²) in [5.41, 5.74) is 9.38. The van der Waals surface area contributed by atoms with Gasteiger partial charge in [0, 0.05) is 11.1 Å². The van der Waals surface area contributed by atoms with Gasteiger partial charge in [-0.3, -0.25) is 15.0 Å². The minimum absolute atomic E-state index is 0.215. The molecular weight excluding hydrogens is 432 g/mol. The predicted octanol–water partition coefficient (Wildman–Crippen LogP) is 6.54. The number of carbonyl (C=O) groups excluding carboxylic acids is 2. The molecule has 0 aliphatic rings. The minimum Gasteiger partial charge on any atom is -0.267 e. The summed E-state index contributed by atoms with van der Waals surface area (Å²) in [6, 6.07) is 21.6. The summed E-state index contributed by atoms with van der Waals surface area (Å²) in [7, 11) is 0. The van der Waals surface area contributed by atoms with E-state index in [1.165, 1.54) is 16.1 Å². The van der Waals surface area contributed by atoms with E-state index in [4.69, 9.17) is 0 Å². The fourth-order valence-corrected chi connectivity index (χ4v) is 4.44. The number of hydrogen-bond donors (Lipinski definition) is 1. The first-order valence-corrected chi connectivity index (χ1v) is 12.3. The smallest absolute Gasteiger partial charge is 0.267 e. The van der Waals surface area contributed by atoms with Crippen LogP contribution >= 0.6 is 0 Å². The third kappa shape index (κ3) is 6.92. The van der Waals surface area contributed by atoms with Crippen LogP contribution in [0.2, 0.25) is 0 Å². The Labute approximate surface area is 209 Å². The van der Waals surface area contributed by atoms with E-state index in [9.17, 15) is 9.59 Å². The fraction of sp³-hybridized carbons (Fsp3) is 0.290. The van der Waals surface area contributed by atoms with Crippen molar-refractivity contribution in [1.82, 2.24) is 10.4 Å². The van der Waals surface area contributed by atoms with Crippen LogP contribution < -0.4 is 5.43 Å². The largest absolute Gasteiger partial charge is 0.272 e. The van der Waals surface area contributed by atoms with Crippen molar-refractivity contribution in [3.8, 4) is 0 Å². The van der Waals surface area contributed by atoms with Crippen LogP contribution in [0.3, 0.4) is 0 Å². The lowest BCUT2D eigenvalue weighted by Gasteiger charge is -2.32. The third-order valence-electron chi connectivity index (χ3n) is 6.27. The molecule has 2 amide bonds. The molecule has 0 fully saturated rings. The highest BCUT2D eigenvalue weighted by molar-refractivity contribution is 6.00. The molecule has 0 spiro atoms. The summed E-state index contributed by atoms with van der Waals surface area (Å²) in [5.74, 6) is -0.496. The van der Waals surface area contributed by atoms with Gasteiger partial charge in [0.05, 0.1) is 6.04 Å². The number of carbonyl (C=O) groups is 2. The van der Waals surface area contributed by atoms with Gasteiger partial charge < -0.3 is 0 Å². The number of rotatable bonds is 9. The number of hydrazine groups is 1. The van der Waals surface area contributed by atoms with Crippen molar-refractivity contribution in [2.75, 3.05) is 0 Å². The highest BCUT2D eigenvalue weighted by Gasteiger charge is 2.27. The molecular formula is C31H36N2O2. The van der Waals surface area contributed by atoms with Gasteiger partial charge in [-0.05, 0) is 81.3 Å². The second kappa shape index (κ2) is 12.2. The zero-order valence-electron chi connectivity index (χ0n) is 21.3. The number of hydrogen-bond acceptors (Lipinski definition) is 2. The average Bonchev–Trinajstić information content (AvgIpc) is 2.84. The molecule has 1 N–H and O–H groups in total. The van der Waals surface area contributed by atoms with Crippen LogP contribution in [0.4, 0.5) is 0 Å². The van der Waals surface area contributed by atoms with Gasteiger partial charge in [-0.2, -0.15) is 0 Å². The summed E-state index contributed by atoms with van der Waals surface area (Å²) < 4.78 is 0. The van der Waals surface area contributed by atoms with E-state index < -0.39 is 0 Å². The molecule has 0 aliphatic carbocycles. The molecule has 4 nitrogen and oxygen atoms in total. The van der Waals surface area contributed by atoms with Crippen LogP contribution in [-0.2, 0) is 12.8 Å². The number of aryl methyl sites for hydroxylation is 5. The standard InChI is InChI=1S/C31H36N2O2/c1-6-11-28(16-14-26-12-9-8-10-13-26)33(31(35)27-19-22(3)18-23(4)20-27)32-30(34)29-17-15-25(7-2)21-24(29)5/h6,8-10,12-13,15,17-21,28H,1,7,11,14,16H2,2-5H3,(H,32,34)/t28-/m0/s1. The Morgan fingerprint density at radius 1 is 0.943 bits per heavy atom. The molecule has 0 saturated heterocycles. The molecule has 35 heavy (non-hydrogen) atoms. The van der Waals surface area contributed by atoms with Gasteiger partial charge in [0.25, 0.3) is 11.8 Å². The van der Waals surface area contributed by atoms with Gasteiger partial charge in [0.1, 0.15) is 0 Å². The molecule has 0 saturated carbocycles. The molecule has 0 aromatic heterocycles. The number of benzene rings is 3. The van der Waals surface area contributed by atoms with Crippen LogP contribution in [0, 0.1) is 20.8 Å². The maximum Gasteiger partial charge on any atom is 0.272 e. The Morgan fingerprint density at radius 3 is 2.23 bits per heavy atom. The molecule has 3 rings (SSSR count). The summed E-state index contributed by atoms with van der Waals surface area (Å²) in [6.07, 6.45) is 4.76. The second-order valence-electron chi connectivity index (χ2n) is 9.20. The zero-order valence-corrected chi connectivity index (χ0v) is 21.3. The first-order chi connectivity index (χ1) is 16.8. The Kier molecular flexibility index (Phi) is 9.02. The first-order valence-electron chi connectivity index (χ1n) is 12.3. The van der Waals surface area contributed by atoms with Gasteiger partial charge in [-0.15, -0.1) is 6.58 Å². The van der Waals surface area contributed by atoms with Crippen molar-refractivity contribution in [1.29, 1.82) is 0 Å². The lowest BCUT2D eigenvalue weighted by molar-refractivity contribution is 0.0470. The van der Waals surface area contributed by atoms with Gasteiger partial charge in [-0.1, -0.05) is 72.7 Å². The normalized spacial score (nSPS) is 11.5. The van der Waals surface area contributed by atoms with Gasteiger partial charge >= 0.3 is 0 Å². The van der Waals surface area contributed by atoms with Crippen LogP contribution in [0.25, 0.3) is 0 Å². The maximum atomic E-state index is 13.8. The highest BCUT2D eigenvalue weighted by Crippen LogP contribution is 2.19. The maximum absolute atomic E-state index is 13.8. The van der Waals surface area contributed by atoms with Crippen LogP contribution in [-0.4, -0.2) is 22.9 Å². The van der Waals surface area contributed by atoms with E-state index in [1.54, 1.807) is 0 Å². The molecule has 3 aromatic carbocycles. The lowest BCUT2D eigenvalue weighted by Crippen LogP contribution is -2.52. The minimum atomic E-state index is -0.281. The van der Waals surface area contributed by atoms with Crippen molar-refractivity contribution in [2.24, 2.45) is 0 Å². The molecule has 4 heteroatoms. The summed E-state index contributed by atoms with van der Waals surface area (Å²) in [5, 5.41) is 1.52. The van der Waals surface area contributed by atoms with E-state index in [-0.39, 0.29) is 17.9 Å². The molecule has 0 bridgehead atoms. The summed E-state index contributed by atoms with van der Waals surface area (Å²) >= 11 is 0. The molecule has 0 heterocycles. The monoisotopic (exact) mass is 468 g/mol. The molecule has 1 atom stereocenters. The fourth-order valence-electron chi connectivity index (χ4n) is 4.44. The van der Waals surface area contributed by atoms with Crippen LogP contribution in [0.1, 0.15) is 68.3 Å². The molecule has 3 aromatic rings. The Hall–Kier alpha value is -3.66. The molecule has 182 valence electrons. The van der Waals surface area contributed by atoms with Crippen molar-refractivity contribution in [2.45, 2.75) is 59.4 Å². The molecule has 0 aliphatic heterocycles. The first kappa shape index (κ1) is 26.0. The second-order valence-corrected chi connectivity index (χ2v) is 9.20. The Balaban J connectivity index is 1.94. The topological polar surface area (TPSA) is 49.4 Å². The van der Waals surface area contributed by atoms with Crippen molar-refractivity contribution >= 4 is 11.8 Å². The number of amides is 2. The zero-order chi connectivity index (χ0) is 25.4. The van der Waals surface area contributed by atoms with E-state index in [0.717, 1.165) is 29.5 Å². The number of nitrogens with zero attached hydrogens (tertiary/aromatic N) is 1. The number of nitrogens with one attached hydrogen (secondary N) is 1. The van der Waals surface area contributed by atoms with E-state index >= 15 is 0 Å². The lowest BCUT2D eigenvalue weighted by atomic mass is 10.0. The highest BCUT2D eigenvalue weighted by atomic mass is 16.2. The van der Waals surface area contributed by atoms with Crippen molar-refractivity contribution < 1.29 is 9.59 Å². The Bertz CT molecular complexity index is 1160. The molecule has 0 radical (unpaired) electrons. The third-order valence-corrected chi connectivity index (χ3v) is 6.27. The predicted molar refractivity (Wildman–Crippen MR) is 143 cm³/mol. The quantitative estimate of drug-likeness (QED) is 0.286. The SMILES string of the molecule is C=CC[C@@H](CCc1ccccc1)N(NC(=O)c1ccc(CC)cc1C)C(=O)c1cc(C)cc(C)c1. The molecule has 0 unspecified atom stereocenters. The van der Waals surface area contributed by atoms with E-state index in [2.05, 4.69) is 31.1 Å². The van der Waals surface area contributed by atoms with Crippen molar-refractivity contribution in [3.63, 3.8) is 0 Å². The van der Waals surface area contributed by atoms with E-state index in [1.807, 2.05) is 81.4 Å². The Morgan fingerprint density at radius 2 is 1.63 bits per heavy atom. The average molecular weight is 469 g/mol. The van der Waals surface area contributed by atoms with Crippen molar-refractivity contribution in [3.05, 3.63) is 118 Å². The van der Waals surface area contributed by atoms with Gasteiger partial charge in [-0.25, -0.2) is 5.01 Å². The summed E-state index contributed by atoms with van der Waals surface area (Å²) in [6.45, 7) is 11.9. The van der Waals surface area contributed by atoms with Gasteiger partial charge in [0.15, 0.2) is 0 Å².